The van der Waals surface area contributed by atoms with Crippen LogP contribution < -0.4 is 11.1 Å². The van der Waals surface area contributed by atoms with Gasteiger partial charge in [0.15, 0.2) is 5.82 Å². The molecule has 1 aromatic carbocycles. The summed E-state index contributed by atoms with van der Waals surface area (Å²) in [5.74, 6) is 0.805. The van der Waals surface area contributed by atoms with Crippen LogP contribution in [0.5, 0.6) is 0 Å². The minimum atomic E-state index is 0.329. The Bertz CT molecular complexity index is 596. The van der Waals surface area contributed by atoms with Crippen LogP contribution in [0.3, 0.4) is 0 Å². The third-order valence-electron chi connectivity index (χ3n) is 2.32. The molecule has 0 fully saturated rings. The average Bonchev–Trinajstić information content (AvgIpc) is 2.65. The van der Waals surface area contributed by atoms with Gasteiger partial charge in [-0.15, -0.1) is 5.10 Å². The van der Waals surface area contributed by atoms with Gasteiger partial charge in [-0.05, 0) is 18.2 Å². The van der Waals surface area contributed by atoms with Crippen LogP contribution >= 0.6 is 15.9 Å². The highest BCUT2D eigenvalue weighted by atomic mass is 79.9. The number of hydrogen-bond donors (Lipinski definition) is 2. The fourth-order valence-corrected chi connectivity index (χ4v) is 1.91. The average molecular weight is 292 g/mol. The summed E-state index contributed by atoms with van der Waals surface area (Å²) >= 11 is 3.38. The molecule has 0 aliphatic rings. The lowest BCUT2D eigenvalue weighted by Crippen LogP contribution is -2.02. The standard InChI is InChI=1S/C11H10BrN5/c1-15-11-9(6-13)10(14)17(16-11)8-4-2-3-7(12)5-8/h2-5H,14H2,1H3,(H,15,16). The van der Waals surface area contributed by atoms with E-state index < -0.39 is 0 Å². The van der Waals surface area contributed by atoms with E-state index in [0.29, 0.717) is 17.2 Å². The maximum atomic E-state index is 9.01. The number of benzene rings is 1. The number of rotatable bonds is 2. The number of aromatic nitrogens is 2. The number of halogens is 1. The zero-order valence-corrected chi connectivity index (χ0v) is 10.7. The van der Waals surface area contributed by atoms with Crippen molar-refractivity contribution in [2.75, 3.05) is 18.1 Å². The predicted octanol–water partition coefficient (Wildman–Crippen LogP) is 2.13. The highest BCUT2D eigenvalue weighted by Gasteiger charge is 2.15. The first-order valence-electron chi connectivity index (χ1n) is 4.89. The first kappa shape index (κ1) is 11.5. The third kappa shape index (κ3) is 1.97. The smallest absolute Gasteiger partial charge is 0.168 e. The zero-order chi connectivity index (χ0) is 12.4. The van der Waals surface area contributed by atoms with Crippen molar-refractivity contribution in [1.29, 1.82) is 5.26 Å². The van der Waals surface area contributed by atoms with Crippen LogP contribution in [-0.2, 0) is 0 Å². The lowest BCUT2D eigenvalue weighted by molar-refractivity contribution is 0.893. The van der Waals surface area contributed by atoms with Crippen molar-refractivity contribution in [2.24, 2.45) is 0 Å². The minimum absolute atomic E-state index is 0.329. The van der Waals surface area contributed by atoms with Crippen molar-refractivity contribution in [3.8, 4) is 11.8 Å². The Kier molecular flexibility index (Phi) is 3.02. The van der Waals surface area contributed by atoms with Crippen LogP contribution in [0.2, 0.25) is 0 Å². The molecule has 0 amide bonds. The molecular weight excluding hydrogens is 282 g/mol. The van der Waals surface area contributed by atoms with Crippen molar-refractivity contribution in [1.82, 2.24) is 9.78 Å². The van der Waals surface area contributed by atoms with Gasteiger partial charge in [-0.1, -0.05) is 22.0 Å². The van der Waals surface area contributed by atoms with Crippen LogP contribution in [-0.4, -0.2) is 16.8 Å². The van der Waals surface area contributed by atoms with Crippen molar-refractivity contribution in [3.63, 3.8) is 0 Å². The van der Waals surface area contributed by atoms with E-state index >= 15 is 0 Å². The van der Waals surface area contributed by atoms with E-state index in [2.05, 4.69) is 26.3 Å². The van der Waals surface area contributed by atoms with Crippen LogP contribution in [0.4, 0.5) is 11.6 Å². The van der Waals surface area contributed by atoms with Gasteiger partial charge in [-0.25, -0.2) is 4.68 Å². The van der Waals surface area contributed by atoms with Crippen molar-refractivity contribution in [3.05, 3.63) is 34.3 Å². The van der Waals surface area contributed by atoms with Gasteiger partial charge in [0.05, 0.1) is 5.69 Å². The first-order chi connectivity index (χ1) is 8.17. The highest BCUT2D eigenvalue weighted by molar-refractivity contribution is 9.10. The van der Waals surface area contributed by atoms with Gasteiger partial charge >= 0.3 is 0 Å². The SMILES string of the molecule is CNc1nn(-c2cccc(Br)c2)c(N)c1C#N. The second kappa shape index (κ2) is 4.47. The number of nitriles is 1. The quantitative estimate of drug-likeness (QED) is 0.888. The minimum Gasteiger partial charge on any atom is -0.382 e. The summed E-state index contributed by atoms with van der Waals surface area (Å²) in [5, 5.41) is 16.1. The summed E-state index contributed by atoms with van der Waals surface area (Å²) in [5.41, 5.74) is 7.05. The van der Waals surface area contributed by atoms with E-state index in [9.17, 15) is 0 Å². The molecule has 86 valence electrons. The highest BCUT2D eigenvalue weighted by Crippen LogP contribution is 2.24. The molecule has 2 rings (SSSR count). The molecule has 0 radical (unpaired) electrons. The van der Waals surface area contributed by atoms with Crippen LogP contribution in [0.25, 0.3) is 5.69 Å². The molecule has 0 aliphatic heterocycles. The summed E-state index contributed by atoms with van der Waals surface area (Å²) in [4.78, 5) is 0. The Balaban J connectivity index is 2.61. The molecule has 0 saturated carbocycles. The molecule has 1 heterocycles. The van der Waals surface area contributed by atoms with E-state index in [1.165, 1.54) is 4.68 Å². The van der Waals surface area contributed by atoms with E-state index in [4.69, 9.17) is 11.0 Å². The van der Waals surface area contributed by atoms with Gasteiger partial charge in [-0.2, -0.15) is 5.26 Å². The Hall–Kier alpha value is -2.00. The third-order valence-corrected chi connectivity index (χ3v) is 2.82. The molecule has 5 nitrogen and oxygen atoms in total. The molecule has 6 heteroatoms. The normalized spacial score (nSPS) is 9.94. The number of anilines is 2. The van der Waals surface area contributed by atoms with Gasteiger partial charge in [0.1, 0.15) is 17.5 Å². The molecule has 0 atom stereocenters. The van der Waals surface area contributed by atoms with Crippen molar-refractivity contribution >= 4 is 27.6 Å². The number of hydrogen-bond acceptors (Lipinski definition) is 4. The van der Waals surface area contributed by atoms with Crippen molar-refractivity contribution < 1.29 is 0 Å². The second-order valence-electron chi connectivity index (χ2n) is 3.36. The maximum absolute atomic E-state index is 9.01. The molecule has 2 aromatic rings. The largest absolute Gasteiger partial charge is 0.382 e. The predicted molar refractivity (Wildman–Crippen MR) is 69.9 cm³/mol. The first-order valence-corrected chi connectivity index (χ1v) is 5.69. The molecule has 0 saturated heterocycles. The number of nitrogens with one attached hydrogen (secondary N) is 1. The summed E-state index contributed by atoms with van der Waals surface area (Å²) in [6.07, 6.45) is 0. The molecule has 0 aliphatic carbocycles. The molecule has 1 aromatic heterocycles. The van der Waals surface area contributed by atoms with Gasteiger partial charge in [0, 0.05) is 11.5 Å². The molecular formula is C11H10BrN5. The van der Waals surface area contributed by atoms with Crippen LogP contribution in [0, 0.1) is 11.3 Å². The summed E-state index contributed by atoms with van der Waals surface area (Å²) in [6.45, 7) is 0. The molecule has 17 heavy (non-hydrogen) atoms. The maximum Gasteiger partial charge on any atom is 0.168 e. The van der Waals surface area contributed by atoms with Gasteiger partial charge in [0.2, 0.25) is 0 Å². The molecule has 3 N–H and O–H groups in total. The Morgan fingerprint density at radius 2 is 2.29 bits per heavy atom. The Morgan fingerprint density at radius 3 is 2.82 bits per heavy atom. The summed E-state index contributed by atoms with van der Waals surface area (Å²) < 4.78 is 2.46. The number of nitrogen functional groups attached to an aromatic ring is 1. The molecule has 0 spiro atoms. The van der Waals surface area contributed by atoms with Gasteiger partial charge in [-0.3, -0.25) is 0 Å². The van der Waals surface area contributed by atoms with E-state index in [1.54, 1.807) is 7.05 Å². The fraction of sp³-hybridized carbons (Fsp3) is 0.0909. The Morgan fingerprint density at radius 1 is 1.53 bits per heavy atom. The number of nitrogens with two attached hydrogens (primary N) is 1. The molecule has 0 unspecified atom stereocenters. The van der Waals surface area contributed by atoms with E-state index in [0.717, 1.165) is 10.2 Å². The Labute approximate surface area is 107 Å². The van der Waals surface area contributed by atoms with Crippen LogP contribution in [0.1, 0.15) is 5.56 Å². The second-order valence-corrected chi connectivity index (χ2v) is 4.28. The summed E-state index contributed by atoms with van der Waals surface area (Å²) in [6, 6.07) is 9.58. The van der Waals surface area contributed by atoms with Gasteiger partial charge in [0.25, 0.3) is 0 Å². The lowest BCUT2D eigenvalue weighted by Gasteiger charge is -2.03. The monoisotopic (exact) mass is 291 g/mol. The molecule has 0 bridgehead atoms. The van der Waals surface area contributed by atoms with E-state index in [-0.39, 0.29) is 0 Å². The van der Waals surface area contributed by atoms with Crippen LogP contribution in [0.15, 0.2) is 28.7 Å². The topological polar surface area (TPSA) is 79.7 Å². The van der Waals surface area contributed by atoms with E-state index in [1.807, 2.05) is 30.3 Å². The lowest BCUT2D eigenvalue weighted by atomic mass is 10.3. The van der Waals surface area contributed by atoms with Gasteiger partial charge < -0.3 is 11.1 Å². The number of nitrogens with zero attached hydrogens (tertiary/aromatic N) is 3. The summed E-state index contributed by atoms with van der Waals surface area (Å²) in [7, 11) is 1.70. The zero-order valence-electron chi connectivity index (χ0n) is 9.11. The van der Waals surface area contributed by atoms with Crippen molar-refractivity contribution in [2.45, 2.75) is 0 Å². The fourth-order valence-electron chi connectivity index (χ4n) is 1.52.